The number of anilines is 1. The zero-order valence-electron chi connectivity index (χ0n) is 13.3. The first-order valence-corrected chi connectivity index (χ1v) is 8.36. The predicted octanol–water partition coefficient (Wildman–Crippen LogP) is 2.66. The molecule has 0 aliphatic heterocycles. The van der Waals surface area contributed by atoms with Crippen LogP contribution in [0.3, 0.4) is 0 Å². The van der Waals surface area contributed by atoms with Crippen molar-refractivity contribution in [2.24, 2.45) is 17.6 Å². The predicted molar refractivity (Wildman–Crippen MR) is 89.7 cm³/mol. The summed E-state index contributed by atoms with van der Waals surface area (Å²) >= 11 is 0. The Morgan fingerprint density at radius 1 is 1.17 bits per heavy atom. The van der Waals surface area contributed by atoms with Crippen LogP contribution in [0.2, 0.25) is 0 Å². The van der Waals surface area contributed by atoms with E-state index in [4.69, 9.17) is 5.73 Å². The van der Waals surface area contributed by atoms with Crippen LogP contribution in [0.1, 0.15) is 58.0 Å². The Kier molecular flexibility index (Phi) is 3.59. The number of aromatic nitrogens is 2. The molecule has 0 saturated heterocycles. The van der Waals surface area contributed by atoms with E-state index in [0.29, 0.717) is 22.9 Å². The van der Waals surface area contributed by atoms with Gasteiger partial charge in [-0.05, 0) is 49.3 Å². The maximum atomic E-state index is 12.3. The second kappa shape index (κ2) is 5.78. The maximum Gasteiger partial charge on any atom is 0.256 e. The van der Waals surface area contributed by atoms with Crippen molar-refractivity contribution in [3.05, 3.63) is 47.2 Å². The van der Waals surface area contributed by atoms with Gasteiger partial charge >= 0.3 is 0 Å². The van der Waals surface area contributed by atoms with E-state index in [0.717, 1.165) is 17.5 Å². The van der Waals surface area contributed by atoms with Crippen molar-refractivity contribution in [2.75, 3.05) is 5.32 Å². The number of hydrogen-bond donors (Lipinski definition) is 3. The van der Waals surface area contributed by atoms with Gasteiger partial charge in [-0.15, -0.1) is 0 Å². The SMILES string of the molecule is NC(=O)c1cccc(C(=O)Nc2cc(C3CC4CCC3C4)[nH]n2)c1. The van der Waals surface area contributed by atoms with Gasteiger partial charge in [0.1, 0.15) is 0 Å². The minimum atomic E-state index is -0.553. The van der Waals surface area contributed by atoms with Gasteiger partial charge in [-0.2, -0.15) is 5.10 Å². The number of fused-ring (bicyclic) bond motifs is 2. The molecule has 2 fully saturated rings. The number of hydrogen-bond acceptors (Lipinski definition) is 3. The summed E-state index contributed by atoms with van der Waals surface area (Å²) in [5.41, 5.74) is 7.06. The first-order chi connectivity index (χ1) is 11.6. The summed E-state index contributed by atoms with van der Waals surface area (Å²) in [6.07, 6.45) is 5.21. The molecule has 1 heterocycles. The van der Waals surface area contributed by atoms with E-state index in [2.05, 4.69) is 15.5 Å². The first kappa shape index (κ1) is 14.9. The van der Waals surface area contributed by atoms with E-state index < -0.39 is 5.91 Å². The number of aromatic amines is 1. The summed E-state index contributed by atoms with van der Waals surface area (Å²) in [6.45, 7) is 0. The summed E-state index contributed by atoms with van der Waals surface area (Å²) in [6, 6.07) is 8.29. The first-order valence-electron chi connectivity index (χ1n) is 8.36. The molecule has 3 atom stereocenters. The van der Waals surface area contributed by atoms with E-state index >= 15 is 0 Å². The zero-order valence-corrected chi connectivity index (χ0v) is 13.3. The monoisotopic (exact) mass is 324 g/mol. The molecule has 2 saturated carbocycles. The number of nitrogens with two attached hydrogens (primary N) is 1. The summed E-state index contributed by atoms with van der Waals surface area (Å²) in [4.78, 5) is 23.6. The molecule has 1 aromatic carbocycles. The molecule has 24 heavy (non-hydrogen) atoms. The second-order valence-corrected chi connectivity index (χ2v) is 6.89. The number of nitrogens with one attached hydrogen (secondary N) is 2. The highest BCUT2D eigenvalue weighted by Crippen LogP contribution is 2.52. The summed E-state index contributed by atoms with van der Waals surface area (Å²) < 4.78 is 0. The summed E-state index contributed by atoms with van der Waals surface area (Å²) in [5.74, 6) is 1.82. The van der Waals surface area contributed by atoms with Crippen molar-refractivity contribution < 1.29 is 9.59 Å². The van der Waals surface area contributed by atoms with Crippen molar-refractivity contribution in [3.8, 4) is 0 Å². The molecule has 0 radical (unpaired) electrons. The van der Waals surface area contributed by atoms with E-state index in [1.165, 1.54) is 31.7 Å². The Morgan fingerprint density at radius 3 is 2.71 bits per heavy atom. The van der Waals surface area contributed by atoms with Crippen LogP contribution < -0.4 is 11.1 Å². The average Bonchev–Trinajstić information content (AvgIpc) is 3.31. The van der Waals surface area contributed by atoms with Crippen molar-refractivity contribution in [3.63, 3.8) is 0 Å². The van der Waals surface area contributed by atoms with Crippen LogP contribution in [-0.2, 0) is 0 Å². The van der Waals surface area contributed by atoms with Crippen molar-refractivity contribution in [1.82, 2.24) is 10.2 Å². The van der Waals surface area contributed by atoms with Gasteiger partial charge in [-0.1, -0.05) is 12.5 Å². The largest absolute Gasteiger partial charge is 0.366 e. The van der Waals surface area contributed by atoms with Crippen LogP contribution >= 0.6 is 0 Å². The van der Waals surface area contributed by atoms with Gasteiger partial charge in [0.05, 0.1) is 0 Å². The molecule has 4 N–H and O–H groups in total. The van der Waals surface area contributed by atoms with Gasteiger partial charge in [-0.3, -0.25) is 14.7 Å². The number of rotatable bonds is 4. The molecule has 0 spiro atoms. The number of carbonyl (C=O) groups is 2. The van der Waals surface area contributed by atoms with Crippen LogP contribution in [0, 0.1) is 11.8 Å². The summed E-state index contributed by atoms with van der Waals surface area (Å²) in [5, 5.41) is 10.1. The number of amides is 2. The summed E-state index contributed by atoms with van der Waals surface area (Å²) in [7, 11) is 0. The van der Waals surface area contributed by atoms with Gasteiger partial charge < -0.3 is 11.1 Å². The quantitative estimate of drug-likeness (QED) is 0.806. The molecule has 3 unspecified atom stereocenters. The Hall–Kier alpha value is -2.63. The Morgan fingerprint density at radius 2 is 2.00 bits per heavy atom. The van der Waals surface area contributed by atoms with E-state index in [1.54, 1.807) is 18.2 Å². The van der Waals surface area contributed by atoms with Crippen LogP contribution in [0.25, 0.3) is 0 Å². The minimum absolute atomic E-state index is 0.302. The molecule has 124 valence electrons. The molecule has 2 aliphatic carbocycles. The number of benzene rings is 1. The Bertz CT molecular complexity index is 798. The lowest BCUT2D eigenvalue weighted by Gasteiger charge is -2.19. The van der Waals surface area contributed by atoms with Crippen LogP contribution in [0.5, 0.6) is 0 Å². The van der Waals surface area contributed by atoms with Crippen molar-refractivity contribution in [1.29, 1.82) is 0 Å². The average molecular weight is 324 g/mol. The number of carbonyl (C=O) groups excluding carboxylic acids is 2. The number of nitrogens with zero attached hydrogens (tertiary/aromatic N) is 1. The van der Waals surface area contributed by atoms with Gasteiger partial charge in [0.15, 0.2) is 5.82 Å². The third kappa shape index (κ3) is 2.68. The van der Waals surface area contributed by atoms with E-state index in [-0.39, 0.29) is 5.91 Å². The molecular weight excluding hydrogens is 304 g/mol. The van der Waals surface area contributed by atoms with Crippen LogP contribution in [0.4, 0.5) is 5.82 Å². The molecule has 6 nitrogen and oxygen atoms in total. The van der Waals surface area contributed by atoms with Gasteiger partial charge in [-0.25, -0.2) is 0 Å². The standard InChI is InChI=1S/C18H20N4O2/c19-17(23)12-2-1-3-13(8-12)18(24)20-16-9-15(21-22-16)14-7-10-4-5-11(14)6-10/h1-3,8-11,14H,4-7H2,(H2,19,23)(H2,20,21,22,24). The highest BCUT2D eigenvalue weighted by Gasteiger charge is 2.40. The normalized spacial score (nSPS) is 24.9. The highest BCUT2D eigenvalue weighted by atomic mass is 16.2. The molecular formula is C18H20N4O2. The minimum Gasteiger partial charge on any atom is -0.366 e. The van der Waals surface area contributed by atoms with Crippen LogP contribution in [-0.4, -0.2) is 22.0 Å². The van der Waals surface area contributed by atoms with Crippen molar-refractivity contribution in [2.45, 2.75) is 31.6 Å². The number of H-pyrrole nitrogens is 1. The molecule has 2 aliphatic rings. The fourth-order valence-electron chi connectivity index (χ4n) is 4.22. The van der Waals surface area contributed by atoms with Gasteiger partial charge in [0, 0.05) is 28.8 Å². The maximum absolute atomic E-state index is 12.3. The van der Waals surface area contributed by atoms with Crippen molar-refractivity contribution >= 4 is 17.6 Å². The topological polar surface area (TPSA) is 101 Å². The fourth-order valence-corrected chi connectivity index (χ4v) is 4.22. The lowest BCUT2D eigenvalue weighted by Crippen LogP contribution is -2.15. The molecule has 2 aromatic rings. The number of primary amides is 1. The third-order valence-corrected chi connectivity index (χ3v) is 5.39. The molecule has 2 amide bonds. The third-order valence-electron chi connectivity index (χ3n) is 5.39. The smallest absolute Gasteiger partial charge is 0.256 e. The lowest BCUT2D eigenvalue weighted by molar-refractivity contribution is 0.1000. The zero-order chi connectivity index (χ0) is 16.7. The van der Waals surface area contributed by atoms with Crippen LogP contribution in [0.15, 0.2) is 30.3 Å². The van der Waals surface area contributed by atoms with Gasteiger partial charge in [0.25, 0.3) is 5.91 Å². The lowest BCUT2D eigenvalue weighted by atomic mass is 9.86. The highest BCUT2D eigenvalue weighted by molar-refractivity contribution is 6.05. The molecule has 4 rings (SSSR count). The molecule has 6 heteroatoms. The Labute approximate surface area is 139 Å². The van der Waals surface area contributed by atoms with E-state index in [1.807, 2.05) is 6.07 Å². The van der Waals surface area contributed by atoms with E-state index in [9.17, 15) is 9.59 Å². The fraction of sp³-hybridized carbons (Fsp3) is 0.389. The van der Waals surface area contributed by atoms with Gasteiger partial charge in [0.2, 0.25) is 5.91 Å². The Balaban J connectivity index is 1.47. The molecule has 2 bridgehead atoms. The second-order valence-electron chi connectivity index (χ2n) is 6.89. The molecule has 1 aromatic heterocycles.